The van der Waals surface area contributed by atoms with E-state index in [4.69, 9.17) is 28.4 Å². The minimum Gasteiger partial charge on any atom is -0.444 e. The van der Waals surface area contributed by atoms with Crippen molar-refractivity contribution < 1.29 is 57.2 Å². The van der Waals surface area contributed by atoms with E-state index in [9.17, 15) is 28.8 Å². The van der Waals surface area contributed by atoms with Crippen LogP contribution in [0.1, 0.15) is 137 Å². The predicted molar refractivity (Wildman–Crippen MR) is 210 cm³/mol. The molecule has 0 rings (SSSR count). The molecular formula is C38H72N6O12. The fourth-order valence-corrected chi connectivity index (χ4v) is 4.55. The molecule has 6 N–H and O–H groups in total. The first-order valence-electron chi connectivity index (χ1n) is 18.8. The van der Waals surface area contributed by atoms with Gasteiger partial charge in [0.1, 0.15) is 33.6 Å². The van der Waals surface area contributed by atoms with Crippen LogP contribution < -0.4 is 31.9 Å². The summed E-state index contributed by atoms with van der Waals surface area (Å²) in [7, 11) is 0. The third-order valence-corrected chi connectivity index (χ3v) is 6.30. The predicted octanol–water partition coefficient (Wildman–Crippen LogP) is 6.39. The molecule has 0 aromatic heterocycles. The Bertz CT molecular complexity index is 1210. The molecular weight excluding hydrogens is 732 g/mol. The monoisotopic (exact) mass is 805 g/mol. The lowest BCUT2D eigenvalue weighted by atomic mass is 9.95. The largest absolute Gasteiger partial charge is 0.444 e. The number of carbonyl (C=O) groups is 6. The maximum Gasteiger partial charge on any atom is 0.408 e. The van der Waals surface area contributed by atoms with Crippen molar-refractivity contribution in [1.29, 1.82) is 0 Å². The summed E-state index contributed by atoms with van der Waals surface area (Å²) >= 11 is 0. The normalized spacial score (nSPS) is 14.7. The zero-order valence-electron chi connectivity index (χ0n) is 37.0. The Morgan fingerprint density at radius 1 is 0.321 bits per heavy atom. The van der Waals surface area contributed by atoms with Gasteiger partial charge < -0.3 is 60.3 Å². The van der Waals surface area contributed by atoms with Crippen molar-refractivity contribution in [3.05, 3.63) is 0 Å². The number of ether oxygens (including phenoxy) is 6. The number of hydrogen-bond acceptors (Lipinski definition) is 12. The Labute approximate surface area is 333 Å². The molecule has 4 unspecified atom stereocenters. The molecule has 4 atom stereocenters. The van der Waals surface area contributed by atoms with Gasteiger partial charge in [-0.05, 0) is 137 Å². The maximum absolute atomic E-state index is 13.3. The summed E-state index contributed by atoms with van der Waals surface area (Å²) in [4.78, 5) is 78.4. The van der Waals surface area contributed by atoms with Crippen molar-refractivity contribution in [2.45, 2.75) is 195 Å². The number of carbonyl (C=O) groups excluding carboxylic acids is 6. The Balaban J connectivity index is 7.12. The van der Waals surface area contributed by atoms with E-state index < -0.39 is 94.3 Å². The summed E-state index contributed by atoms with van der Waals surface area (Å²) in [5.41, 5.74) is -5.29. The number of rotatable bonds is 13. The van der Waals surface area contributed by atoms with Gasteiger partial charge in [0.2, 0.25) is 0 Å². The van der Waals surface area contributed by atoms with Gasteiger partial charge >= 0.3 is 36.6 Å². The topological polar surface area (TPSA) is 230 Å². The van der Waals surface area contributed by atoms with Gasteiger partial charge in [-0.1, -0.05) is 0 Å². The lowest BCUT2D eigenvalue weighted by molar-refractivity contribution is 0.0383. The molecule has 0 aliphatic rings. The molecule has 326 valence electrons. The summed E-state index contributed by atoms with van der Waals surface area (Å²) in [6, 6.07) is -4.14. The van der Waals surface area contributed by atoms with E-state index in [2.05, 4.69) is 31.9 Å². The van der Waals surface area contributed by atoms with Crippen LogP contribution in [0.25, 0.3) is 0 Å². The van der Waals surface area contributed by atoms with Gasteiger partial charge in [0, 0.05) is 13.1 Å². The van der Waals surface area contributed by atoms with Gasteiger partial charge in [-0.2, -0.15) is 0 Å². The Morgan fingerprint density at radius 2 is 0.500 bits per heavy atom. The van der Waals surface area contributed by atoms with Crippen LogP contribution in [0.15, 0.2) is 0 Å². The molecule has 56 heavy (non-hydrogen) atoms. The lowest BCUT2D eigenvalue weighted by Gasteiger charge is -2.34. The molecule has 0 aliphatic heterocycles. The summed E-state index contributed by atoms with van der Waals surface area (Å²) in [5, 5.41) is 16.3. The first kappa shape index (κ1) is 51.6. The smallest absolute Gasteiger partial charge is 0.408 e. The van der Waals surface area contributed by atoms with E-state index in [1.165, 1.54) is 0 Å². The molecule has 0 radical (unpaired) electrons. The van der Waals surface area contributed by atoms with Gasteiger partial charge in [0.25, 0.3) is 0 Å². The van der Waals surface area contributed by atoms with Crippen molar-refractivity contribution in [1.82, 2.24) is 31.9 Å². The van der Waals surface area contributed by atoms with E-state index in [0.717, 1.165) is 0 Å². The summed E-state index contributed by atoms with van der Waals surface area (Å²) < 4.78 is 32.9. The zero-order valence-corrected chi connectivity index (χ0v) is 37.0. The van der Waals surface area contributed by atoms with Crippen molar-refractivity contribution in [2.24, 2.45) is 0 Å². The third-order valence-electron chi connectivity index (χ3n) is 6.30. The summed E-state index contributed by atoms with van der Waals surface area (Å²) in [6.07, 6.45) is -5.03. The van der Waals surface area contributed by atoms with Gasteiger partial charge in [-0.25, -0.2) is 28.8 Å². The van der Waals surface area contributed by atoms with Crippen LogP contribution in [0.5, 0.6) is 0 Å². The fraction of sp³-hybridized carbons (Fsp3) is 0.842. The highest BCUT2D eigenvalue weighted by molar-refractivity contribution is 5.72. The molecule has 18 nitrogen and oxygen atoms in total. The molecule has 0 aromatic rings. The zero-order chi connectivity index (χ0) is 44.1. The highest BCUT2D eigenvalue weighted by Gasteiger charge is 2.35. The SMILES string of the molecule is CC(C)(C)OC(=O)NCC(NC(=O)OC(C)(C)C)C(CCC(NC(=O)OC(C)(C)C)C(CNC(=O)OC(C)(C)C)NC(=O)OC(C)(C)C)NC(=O)OC(C)(C)C. The van der Waals surface area contributed by atoms with E-state index in [1.54, 1.807) is 125 Å². The van der Waals surface area contributed by atoms with Crippen molar-refractivity contribution in [3.8, 4) is 0 Å². The van der Waals surface area contributed by atoms with Gasteiger partial charge in [-0.15, -0.1) is 0 Å². The average Bonchev–Trinajstić information content (AvgIpc) is 2.88. The maximum atomic E-state index is 13.3. The van der Waals surface area contributed by atoms with Crippen LogP contribution in [0.3, 0.4) is 0 Å². The van der Waals surface area contributed by atoms with E-state index >= 15 is 0 Å². The first-order valence-corrected chi connectivity index (χ1v) is 18.8. The minimum absolute atomic E-state index is 0.0326. The number of alkyl carbamates (subject to hydrolysis) is 6. The van der Waals surface area contributed by atoms with Crippen LogP contribution in [-0.4, -0.2) is 107 Å². The van der Waals surface area contributed by atoms with Crippen molar-refractivity contribution >= 4 is 36.6 Å². The fourth-order valence-electron chi connectivity index (χ4n) is 4.55. The number of amides is 6. The van der Waals surface area contributed by atoms with Gasteiger partial charge in [0.05, 0.1) is 24.2 Å². The lowest BCUT2D eigenvalue weighted by Crippen LogP contribution is -2.60. The molecule has 0 spiro atoms. The Kier molecular flexibility index (Phi) is 19.1. The first-order chi connectivity index (χ1) is 24.9. The van der Waals surface area contributed by atoms with Crippen molar-refractivity contribution in [2.75, 3.05) is 13.1 Å². The van der Waals surface area contributed by atoms with E-state index in [-0.39, 0.29) is 25.9 Å². The molecule has 0 fully saturated rings. The van der Waals surface area contributed by atoms with Gasteiger partial charge in [0.15, 0.2) is 0 Å². The van der Waals surface area contributed by atoms with Crippen LogP contribution in [-0.2, 0) is 28.4 Å². The molecule has 18 heteroatoms. The molecule has 0 saturated carbocycles. The van der Waals surface area contributed by atoms with Crippen LogP contribution in [0.4, 0.5) is 28.8 Å². The Hall–Kier alpha value is -4.38. The number of hydrogen-bond donors (Lipinski definition) is 6. The van der Waals surface area contributed by atoms with Crippen LogP contribution >= 0.6 is 0 Å². The Morgan fingerprint density at radius 3 is 0.696 bits per heavy atom. The van der Waals surface area contributed by atoms with E-state index in [0.29, 0.717) is 0 Å². The second-order valence-corrected chi connectivity index (χ2v) is 19.4. The standard InChI is InChI=1S/C38H72N6O12/c1-33(2,3)51-27(45)39-21-25(43-31(49)55-37(13,14)15)23(41-29(47)53-35(7,8)9)19-20-24(42-30(48)54-36(10,11)12)26(44-32(50)56-38(16,17)18)22-40-28(46)52-34(4,5)6/h23-26H,19-22H2,1-18H3,(H,39,45)(H,40,46)(H,41,47)(H,42,48)(H,43,49)(H,44,50). The quantitative estimate of drug-likeness (QED) is 0.111. The molecule has 0 bridgehead atoms. The second kappa shape index (κ2) is 20.7. The highest BCUT2D eigenvalue weighted by atomic mass is 16.6. The van der Waals surface area contributed by atoms with E-state index in [1.807, 2.05) is 0 Å². The van der Waals surface area contributed by atoms with Crippen molar-refractivity contribution in [3.63, 3.8) is 0 Å². The van der Waals surface area contributed by atoms with Crippen LogP contribution in [0.2, 0.25) is 0 Å². The van der Waals surface area contributed by atoms with Crippen LogP contribution in [0, 0.1) is 0 Å². The third kappa shape index (κ3) is 28.1. The highest BCUT2D eigenvalue weighted by Crippen LogP contribution is 2.17. The van der Waals surface area contributed by atoms with Gasteiger partial charge in [-0.3, -0.25) is 0 Å². The molecule has 6 amide bonds. The molecule has 0 heterocycles. The molecule has 0 aromatic carbocycles. The summed E-state index contributed by atoms with van der Waals surface area (Å²) in [6.45, 7) is 29.7. The molecule has 0 aliphatic carbocycles. The second-order valence-electron chi connectivity index (χ2n) is 19.4. The number of nitrogens with one attached hydrogen (secondary N) is 6. The molecule has 0 saturated heterocycles. The summed E-state index contributed by atoms with van der Waals surface area (Å²) in [5.74, 6) is 0. The average molecular weight is 805 g/mol. The minimum atomic E-state index is -1.05.